The van der Waals surface area contributed by atoms with Gasteiger partial charge >= 0.3 is 87.4 Å². The molecule has 5 nitrogen and oxygen atoms in total. The number of carbonyl (C=O) groups excluding carboxylic acids is 3. The van der Waals surface area contributed by atoms with E-state index in [2.05, 4.69) is 4.84 Å². The van der Waals surface area contributed by atoms with Gasteiger partial charge in [-0.05, 0) is 0 Å². The van der Waals surface area contributed by atoms with Gasteiger partial charge in [0.1, 0.15) is 0 Å². The standard InChI is InChI=1S/C8H11NO4Se/c1-14-5-4-8(12)13-9-6(10)2-3-7(9)11/h2-5H2,1H3. The van der Waals surface area contributed by atoms with Gasteiger partial charge < -0.3 is 0 Å². The first kappa shape index (κ1) is 11.2. The van der Waals surface area contributed by atoms with E-state index in [1.807, 2.05) is 5.82 Å². The van der Waals surface area contributed by atoms with Gasteiger partial charge in [0.15, 0.2) is 0 Å². The monoisotopic (exact) mass is 265 g/mol. The van der Waals surface area contributed by atoms with Gasteiger partial charge in [0, 0.05) is 0 Å². The van der Waals surface area contributed by atoms with Crippen LogP contribution in [0.5, 0.6) is 0 Å². The van der Waals surface area contributed by atoms with Crippen molar-refractivity contribution in [1.29, 1.82) is 0 Å². The summed E-state index contributed by atoms with van der Waals surface area (Å²) in [5.74, 6) is 0.653. The molecule has 0 aliphatic carbocycles. The zero-order chi connectivity index (χ0) is 10.6. The van der Waals surface area contributed by atoms with Crippen molar-refractivity contribution in [2.45, 2.75) is 30.4 Å². The summed E-state index contributed by atoms with van der Waals surface area (Å²) in [5, 5.41) is 1.35. The molecule has 1 rings (SSSR count). The van der Waals surface area contributed by atoms with Crippen molar-refractivity contribution < 1.29 is 19.2 Å². The molecular weight excluding hydrogens is 253 g/mol. The van der Waals surface area contributed by atoms with E-state index < -0.39 is 17.8 Å². The van der Waals surface area contributed by atoms with E-state index >= 15 is 0 Å². The number of hydrogen-bond acceptors (Lipinski definition) is 4. The van der Waals surface area contributed by atoms with E-state index in [0.717, 1.165) is 5.32 Å². The third-order valence-electron chi connectivity index (χ3n) is 1.71. The van der Waals surface area contributed by atoms with Crippen molar-refractivity contribution in [3.8, 4) is 0 Å². The second-order valence-electron chi connectivity index (χ2n) is 2.79. The number of carbonyl (C=O) groups is 3. The third-order valence-corrected chi connectivity index (χ3v) is 2.99. The van der Waals surface area contributed by atoms with Gasteiger partial charge in [-0.25, -0.2) is 0 Å². The van der Waals surface area contributed by atoms with Crippen molar-refractivity contribution in [3.63, 3.8) is 0 Å². The SMILES string of the molecule is C[Se]CCC(=O)ON1C(=O)CCC1=O. The second-order valence-corrected chi connectivity index (χ2v) is 4.86. The van der Waals surface area contributed by atoms with Crippen molar-refractivity contribution in [1.82, 2.24) is 5.06 Å². The average molecular weight is 264 g/mol. The van der Waals surface area contributed by atoms with Crippen molar-refractivity contribution in [2.24, 2.45) is 0 Å². The molecule has 0 bridgehead atoms. The topological polar surface area (TPSA) is 63.7 Å². The number of imide groups is 1. The normalized spacial score (nSPS) is 16.2. The van der Waals surface area contributed by atoms with Crippen LogP contribution in [-0.2, 0) is 19.2 Å². The first-order valence-electron chi connectivity index (χ1n) is 4.20. The number of nitrogens with zero attached hydrogens (tertiary/aromatic N) is 1. The zero-order valence-corrected chi connectivity index (χ0v) is 9.53. The molecule has 1 heterocycles. The summed E-state index contributed by atoms with van der Waals surface area (Å²) in [6.45, 7) is 0. The average Bonchev–Trinajstić information content (AvgIpc) is 2.46. The Hall–Kier alpha value is -0.871. The van der Waals surface area contributed by atoms with Crippen LogP contribution in [-0.4, -0.2) is 37.8 Å². The summed E-state index contributed by atoms with van der Waals surface area (Å²) in [5.41, 5.74) is 0. The third kappa shape index (κ3) is 2.82. The van der Waals surface area contributed by atoms with Gasteiger partial charge in [0.2, 0.25) is 0 Å². The molecule has 0 aromatic carbocycles. The Kier molecular flexibility index (Phi) is 4.10. The molecule has 1 saturated heterocycles. The predicted octanol–water partition coefficient (Wildman–Crippen LogP) is 0.154. The van der Waals surface area contributed by atoms with Crippen LogP contribution in [0, 0.1) is 0 Å². The predicted molar refractivity (Wildman–Crippen MR) is 48.2 cm³/mol. The second kappa shape index (κ2) is 5.12. The van der Waals surface area contributed by atoms with E-state index in [1.165, 1.54) is 0 Å². The number of hydroxylamine groups is 2. The van der Waals surface area contributed by atoms with Crippen LogP contribution in [0.3, 0.4) is 0 Å². The summed E-state index contributed by atoms with van der Waals surface area (Å²) < 4.78 is 0. The molecule has 0 spiro atoms. The van der Waals surface area contributed by atoms with Crippen LogP contribution in [0.2, 0.25) is 11.1 Å². The molecular formula is C8H11NO4Se. The Morgan fingerprint density at radius 2 is 2.00 bits per heavy atom. The molecule has 14 heavy (non-hydrogen) atoms. The molecule has 1 aliphatic heterocycles. The number of rotatable bonds is 4. The maximum absolute atomic E-state index is 11.1. The molecule has 0 unspecified atom stereocenters. The molecule has 0 aromatic heterocycles. The molecule has 2 amide bonds. The van der Waals surface area contributed by atoms with E-state index in [9.17, 15) is 14.4 Å². The van der Waals surface area contributed by atoms with Gasteiger partial charge in [-0.15, -0.1) is 0 Å². The molecule has 78 valence electrons. The van der Waals surface area contributed by atoms with Gasteiger partial charge in [0.25, 0.3) is 0 Å². The Morgan fingerprint density at radius 3 is 2.50 bits per heavy atom. The van der Waals surface area contributed by atoms with Crippen molar-refractivity contribution >= 4 is 32.7 Å². The Morgan fingerprint density at radius 1 is 1.43 bits per heavy atom. The summed E-state index contributed by atoms with van der Waals surface area (Å²) in [4.78, 5) is 37.8. The van der Waals surface area contributed by atoms with Gasteiger partial charge in [-0.3, -0.25) is 0 Å². The first-order valence-corrected chi connectivity index (χ1v) is 7.13. The van der Waals surface area contributed by atoms with Crippen LogP contribution >= 0.6 is 0 Å². The van der Waals surface area contributed by atoms with E-state index in [1.54, 1.807) is 0 Å². The fourth-order valence-corrected chi connectivity index (χ4v) is 1.77. The molecule has 6 heteroatoms. The van der Waals surface area contributed by atoms with Crippen LogP contribution in [0.1, 0.15) is 19.3 Å². The Bertz CT molecular complexity index is 250. The Balaban J connectivity index is 2.39. The molecule has 0 atom stereocenters. The van der Waals surface area contributed by atoms with Crippen molar-refractivity contribution in [2.75, 3.05) is 0 Å². The molecule has 0 aromatic rings. The van der Waals surface area contributed by atoms with E-state index in [-0.39, 0.29) is 19.3 Å². The molecule has 0 saturated carbocycles. The van der Waals surface area contributed by atoms with Crippen LogP contribution in [0.25, 0.3) is 0 Å². The number of amides is 2. The van der Waals surface area contributed by atoms with Gasteiger partial charge in [-0.2, -0.15) is 0 Å². The molecule has 1 aliphatic rings. The summed E-state index contributed by atoms with van der Waals surface area (Å²) in [7, 11) is 0. The van der Waals surface area contributed by atoms with Crippen LogP contribution < -0.4 is 0 Å². The summed E-state index contributed by atoms with van der Waals surface area (Å²) in [6.07, 6.45) is 0.557. The Labute approximate surface area is 87.9 Å². The quantitative estimate of drug-likeness (QED) is 0.535. The summed E-state index contributed by atoms with van der Waals surface area (Å²) in [6, 6.07) is 0. The van der Waals surface area contributed by atoms with E-state index in [4.69, 9.17) is 0 Å². The first-order chi connectivity index (χ1) is 6.65. The van der Waals surface area contributed by atoms with Gasteiger partial charge in [0.05, 0.1) is 0 Å². The van der Waals surface area contributed by atoms with E-state index in [0.29, 0.717) is 20.0 Å². The minimum atomic E-state index is -0.502. The van der Waals surface area contributed by atoms with Crippen molar-refractivity contribution in [3.05, 3.63) is 0 Å². The number of hydrogen-bond donors (Lipinski definition) is 0. The molecule has 0 radical (unpaired) electrons. The van der Waals surface area contributed by atoms with Gasteiger partial charge in [-0.1, -0.05) is 0 Å². The molecule has 0 N–H and O–H groups in total. The van der Waals surface area contributed by atoms with Crippen LogP contribution in [0.4, 0.5) is 0 Å². The zero-order valence-electron chi connectivity index (χ0n) is 7.82. The molecule has 1 fully saturated rings. The minimum absolute atomic E-state index is 0.143. The maximum atomic E-state index is 11.1. The fraction of sp³-hybridized carbons (Fsp3) is 0.625. The van der Waals surface area contributed by atoms with Crippen LogP contribution in [0.15, 0.2) is 0 Å². The summed E-state index contributed by atoms with van der Waals surface area (Å²) >= 11 is 0.401. The fourth-order valence-electron chi connectivity index (χ4n) is 0.991.